The summed E-state index contributed by atoms with van der Waals surface area (Å²) in [5.41, 5.74) is 0. The summed E-state index contributed by atoms with van der Waals surface area (Å²) >= 11 is 0. The van der Waals surface area contributed by atoms with E-state index in [0.717, 1.165) is 0 Å². The van der Waals surface area contributed by atoms with Crippen molar-refractivity contribution in [2.75, 3.05) is 19.8 Å². The van der Waals surface area contributed by atoms with Gasteiger partial charge in [-0.1, -0.05) is 0 Å². The average Bonchev–Trinajstić information content (AvgIpc) is 2.57. The lowest BCUT2D eigenvalue weighted by molar-refractivity contribution is -0.757. The molecule has 0 aromatic heterocycles. The van der Waals surface area contributed by atoms with Crippen LogP contribution in [0.25, 0.3) is 0 Å². The number of unbranched alkanes of at least 4 members (excludes halogenated alkanes) is 1. The first-order valence-corrected chi connectivity index (χ1v) is 11.5. The summed E-state index contributed by atoms with van der Waals surface area (Å²) in [6.07, 6.45) is -1.24. The molecule has 15 nitrogen and oxygen atoms in total. The normalized spacial score (nSPS) is 12.3. The van der Waals surface area contributed by atoms with Crippen molar-refractivity contribution in [1.82, 2.24) is 5.32 Å². The first-order chi connectivity index (χ1) is 13.2. The molecule has 1 amide bonds. The number of carbonyl (C=O) groups is 2. The van der Waals surface area contributed by atoms with E-state index in [9.17, 15) is 33.9 Å². The van der Waals surface area contributed by atoms with Crippen LogP contribution in [-0.4, -0.2) is 66.5 Å². The molecule has 0 atom stereocenters. The van der Waals surface area contributed by atoms with E-state index in [2.05, 4.69) is 10.2 Å². The van der Waals surface area contributed by atoms with E-state index in [-0.39, 0.29) is 39.0 Å². The number of rotatable bonds is 15. The molecule has 0 radical (unpaired) electrons. The van der Waals surface area contributed by atoms with Gasteiger partial charge in [-0.15, -0.1) is 10.1 Å². The Morgan fingerprint density at radius 3 is 2.07 bits per heavy atom. The van der Waals surface area contributed by atoms with Crippen LogP contribution in [0.4, 0.5) is 0 Å². The topological polar surface area (TPSA) is 243 Å². The van der Waals surface area contributed by atoms with Gasteiger partial charge < -0.3 is 39.6 Å². The molecular formula is C12H24N2O13P2. The lowest BCUT2D eigenvalue weighted by Crippen LogP contribution is -2.31. The number of hydrogen-bond donors (Lipinski definition) is 6. The molecule has 0 aromatic carbocycles. The highest BCUT2D eigenvalue weighted by Gasteiger charge is 2.58. The predicted octanol–water partition coefficient (Wildman–Crippen LogP) is -0.804. The largest absolute Gasteiger partial charge is 0.466 e. The van der Waals surface area contributed by atoms with Gasteiger partial charge >= 0.3 is 21.2 Å². The number of nitrogens with zero attached hydrogens (tertiary/aromatic N) is 1. The van der Waals surface area contributed by atoms with Gasteiger partial charge in [0.15, 0.2) is 0 Å². The van der Waals surface area contributed by atoms with Crippen molar-refractivity contribution in [1.29, 1.82) is 0 Å². The van der Waals surface area contributed by atoms with Crippen molar-refractivity contribution in [2.45, 2.75) is 43.6 Å². The van der Waals surface area contributed by atoms with E-state index < -0.39 is 43.7 Å². The fraction of sp³-hybridized carbons (Fsp3) is 0.833. The van der Waals surface area contributed by atoms with Crippen LogP contribution in [0.2, 0.25) is 0 Å². The van der Waals surface area contributed by atoms with Crippen LogP contribution in [0, 0.1) is 10.1 Å². The third kappa shape index (κ3) is 10.7. The van der Waals surface area contributed by atoms with Gasteiger partial charge in [-0.3, -0.25) is 18.7 Å². The zero-order valence-electron chi connectivity index (χ0n) is 15.2. The van der Waals surface area contributed by atoms with Gasteiger partial charge in [-0.2, -0.15) is 0 Å². The number of aliphatic hydroxyl groups is 1. The second-order valence-electron chi connectivity index (χ2n) is 5.80. The highest BCUT2D eigenvalue weighted by atomic mass is 31.2. The molecule has 0 saturated carbocycles. The smallest absolute Gasteiger partial charge is 0.369 e. The van der Waals surface area contributed by atoms with Gasteiger partial charge in [-0.25, -0.2) is 0 Å². The van der Waals surface area contributed by atoms with Crippen molar-refractivity contribution >= 4 is 27.1 Å². The molecule has 6 N–H and O–H groups in total. The summed E-state index contributed by atoms with van der Waals surface area (Å²) in [4.78, 5) is 72.8. The highest BCUT2D eigenvalue weighted by molar-refractivity contribution is 7.72. The molecule has 17 heteroatoms. The van der Waals surface area contributed by atoms with E-state index in [1.54, 1.807) is 0 Å². The molecule has 0 aliphatic heterocycles. The third-order valence-corrected chi connectivity index (χ3v) is 7.38. The SMILES string of the molecule is O=C(CCC(=O)OCCCCO[N+](=O)[O-])NCCCC(O)(P(=O)(O)O)P(=O)(O)O. The van der Waals surface area contributed by atoms with Crippen molar-refractivity contribution in [3.05, 3.63) is 10.1 Å². The Kier molecular flexibility index (Phi) is 11.5. The summed E-state index contributed by atoms with van der Waals surface area (Å²) in [5, 5.41) is 17.3. The molecule has 0 unspecified atom stereocenters. The first kappa shape index (κ1) is 27.4. The van der Waals surface area contributed by atoms with Crippen molar-refractivity contribution in [3.63, 3.8) is 0 Å². The lowest BCUT2D eigenvalue weighted by Gasteiger charge is -2.29. The maximum absolute atomic E-state index is 11.6. The Balaban J connectivity index is 4.05. The van der Waals surface area contributed by atoms with Crippen LogP contribution >= 0.6 is 15.2 Å². The Hall–Kier alpha value is -1.60. The molecule has 0 aliphatic carbocycles. The molecule has 0 bridgehead atoms. The third-order valence-electron chi connectivity index (χ3n) is 3.50. The van der Waals surface area contributed by atoms with Crippen molar-refractivity contribution in [3.8, 4) is 0 Å². The molecular weight excluding hydrogens is 442 g/mol. The number of ether oxygens (including phenoxy) is 1. The summed E-state index contributed by atoms with van der Waals surface area (Å²) in [6.45, 7) is -0.399. The van der Waals surface area contributed by atoms with Crippen molar-refractivity contribution < 1.29 is 58.1 Å². The molecule has 0 aromatic rings. The monoisotopic (exact) mass is 466 g/mol. The first-order valence-electron chi connectivity index (χ1n) is 8.24. The summed E-state index contributed by atoms with van der Waals surface area (Å²) in [6, 6.07) is 0. The summed E-state index contributed by atoms with van der Waals surface area (Å²) in [7, 11) is -11.1. The van der Waals surface area contributed by atoms with Crippen LogP contribution in [0.5, 0.6) is 0 Å². The van der Waals surface area contributed by atoms with Gasteiger partial charge in [0.05, 0.1) is 19.6 Å². The number of nitrogens with one attached hydrogen (secondary N) is 1. The van der Waals surface area contributed by atoms with Gasteiger partial charge in [0.1, 0.15) is 0 Å². The number of esters is 1. The van der Waals surface area contributed by atoms with Crippen LogP contribution in [0.15, 0.2) is 0 Å². The lowest BCUT2D eigenvalue weighted by atomic mass is 10.2. The summed E-state index contributed by atoms with van der Waals surface area (Å²) < 4.78 is 27.1. The number of carbonyl (C=O) groups excluding carboxylic acids is 2. The fourth-order valence-corrected chi connectivity index (χ4v) is 4.18. The Bertz CT molecular complexity index is 636. The number of amides is 1. The maximum atomic E-state index is 11.6. The molecule has 0 aliphatic rings. The average molecular weight is 466 g/mol. The Morgan fingerprint density at radius 1 is 1.00 bits per heavy atom. The molecule has 0 spiro atoms. The molecule has 0 saturated heterocycles. The standard InChI is InChI=1S/C12H24N2O13P2/c15-10(4-5-11(16)26-8-1-2-9-27-14(18)19)13-7-3-6-12(17,28(20,21)22)29(23,24)25/h17H,1-9H2,(H,13,15)(H2,20,21,22)(H2,23,24,25). The summed E-state index contributed by atoms with van der Waals surface area (Å²) in [5.74, 6) is -1.31. The van der Waals surface area contributed by atoms with E-state index >= 15 is 0 Å². The van der Waals surface area contributed by atoms with E-state index in [1.165, 1.54) is 0 Å². The van der Waals surface area contributed by atoms with Crippen LogP contribution in [-0.2, 0) is 28.3 Å². The van der Waals surface area contributed by atoms with Crippen molar-refractivity contribution in [2.24, 2.45) is 0 Å². The predicted molar refractivity (Wildman–Crippen MR) is 93.7 cm³/mol. The number of hydrogen-bond acceptors (Lipinski definition) is 9. The van der Waals surface area contributed by atoms with Gasteiger partial charge in [-0.05, 0) is 19.3 Å². The zero-order chi connectivity index (χ0) is 22.7. The minimum atomic E-state index is -5.54. The minimum Gasteiger partial charge on any atom is -0.466 e. The van der Waals surface area contributed by atoms with E-state index in [1.807, 2.05) is 0 Å². The minimum absolute atomic E-state index is 0.00907. The molecule has 0 fully saturated rings. The van der Waals surface area contributed by atoms with Crippen LogP contribution < -0.4 is 5.32 Å². The second-order valence-corrected chi connectivity index (χ2v) is 9.81. The van der Waals surface area contributed by atoms with Gasteiger partial charge in [0.25, 0.3) is 10.2 Å². The maximum Gasteiger partial charge on any atom is 0.369 e. The van der Waals surface area contributed by atoms with Crippen LogP contribution in [0.1, 0.15) is 38.5 Å². The molecule has 170 valence electrons. The fourth-order valence-electron chi connectivity index (χ4n) is 1.92. The van der Waals surface area contributed by atoms with Gasteiger partial charge in [0.2, 0.25) is 5.91 Å². The Labute approximate surface area is 164 Å². The molecule has 29 heavy (non-hydrogen) atoms. The molecule has 0 heterocycles. The quantitative estimate of drug-likeness (QED) is 0.0569. The molecule has 0 rings (SSSR count). The van der Waals surface area contributed by atoms with E-state index in [4.69, 9.17) is 24.3 Å². The van der Waals surface area contributed by atoms with Crippen LogP contribution in [0.3, 0.4) is 0 Å². The Morgan fingerprint density at radius 2 is 1.55 bits per heavy atom. The van der Waals surface area contributed by atoms with Gasteiger partial charge in [0, 0.05) is 19.4 Å². The van der Waals surface area contributed by atoms with E-state index in [0.29, 0.717) is 12.8 Å². The highest BCUT2D eigenvalue weighted by Crippen LogP contribution is 2.69. The second kappa shape index (κ2) is 12.2. The zero-order valence-corrected chi connectivity index (χ0v) is 17.0.